The molecule has 3 nitrogen and oxygen atoms in total. The fourth-order valence-corrected chi connectivity index (χ4v) is 3.05. The fourth-order valence-electron chi connectivity index (χ4n) is 3.05. The van der Waals surface area contributed by atoms with Crippen molar-refractivity contribution >= 4 is 5.91 Å². The summed E-state index contributed by atoms with van der Waals surface area (Å²) >= 11 is 0. The number of ether oxygens (including phenoxy) is 1. The van der Waals surface area contributed by atoms with Gasteiger partial charge in [0.15, 0.2) is 6.61 Å². The summed E-state index contributed by atoms with van der Waals surface area (Å²) in [4.78, 5) is 12.0. The number of nitrogens with one attached hydrogen (secondary N) is 1. The van der Waals surface area contributed by atoms with Gasteiger partial charge in [-0.2, -0.15) is 0 Å². The first-order valence-electron chi connectivity index (χ1n) is 9.04. The first kappa shape index (κ1) is 17.8. The molecular weight excluding hydrogens is 286 g/mol. The first-order chi connectivity index (χ1) is 11.0. The average Bonchev–Trinajstić information content (AvgIpc) is 2.82. The van der Waals surface area contributed by atoms with Crippen molar-refractivity contribution in [3.8, 4) is 5.75 Å². The van der Waals surface area contributed by atoms with E-state index in [1.54, 1.807) is 0 Å². The van der Waals surface area contributed by atoms with Crippen LogP contribution in [0.15, 0.2) is 24.3 Å². The topological polar surface area (TPSA) is 38.3 Å². The molecule has 0 saturated heterocycles. The maximum absolute atomic E-state index is 12.0. The van der Waals surface area contributed by atoms with Crippen LogP contribution in [0.2, 0.25) is 0 Å². The molecule has 23 heavy (non-hydrogen) atoms. The van der Waals surface area contributed by atoms with Gasteiger partial charge < -0.3 is 10.1 Å². The number of hydrogen-bond donors (Lipinski definition) is 1. The van der Waals surface area contributed by atoms with E-state index in [-0.39, 0.29) is 17.9 Å². The molecule has 0 aliphatic heterocycles. The lowest BCUT2D eigenvalue weighted by molar-refractivity contribution is -0.123. The molecule has 0 spiro atoms. The molecule has 0 heterocycles. The van der Waals surface area contributed by atoms with Gasteiger partial charge >= 0.3 is 0 Å². The third kappa shape index (κ3) is 5.56. The zero-order valence-electron chi connectivity index (χ0n) is 14.9. The molecule has 1 amide bonds. The molecule has 1 aromatic carbocycles. The Balaban J connectivity index is 1.79. The van der Waals surface area contributed by atoms with E-state index < -0.39 is 0 Å². The van der Waals surface area contributed by atoms with Crippen molar-refractivity contribution in [1.82, 2.24) is 5.32 Å². The number of carbonyl (C=O) groups is 1. The van der Waals surface area contributed by atoms with Crippen LogP contribution in [0.1, 0.15) is 71.3 Å². The van der Waals surface area contributed by atoms with E-state index in [0.29, 0.717) is 6.04 Å². The van der Waals surface area contributed by atoms with Crippen molar-refractivity contribution in [2.24, 2.45) is 0 Å². The van der Waals surface area contributed by atoms with Crippen LogP contribution in [0.5, 0.6) is 5.75 Å². The second-order valence-electron chi connectivity index (χ2n) is 7.31. The Morgan fingerprint density at radius 2 is 1.74 bits per heavy atom. The Morgan fingerprint density at radius 3 is 2.30 bits per heavy atom. The summed E-state index contributed by atoms with van der Waals surface area (Å²) < 4.78 is 5.63. The largest absolute Gasteiger partial charge is 0.484 e. The molecule has 1 aliphatic rings. The maximum Gasteiger partial charge on any atom is 0.258 e. The van der Waals surface area contributed by atoms with Crippen molar-refractivity contribution in [1.29, 1.82) is 0 Å². The molecule has 0 bridgehead atoms. The van der Waals surface area contributed by atoms with Gasteiger partial charge in [0, 0.05) is 6.04 Å². The summed E-state index contributed by atoms with van der Waals surface area (Å²) in [5.41, 5.74) is 1.48. The third-order valence-corrected chi connectivity index (χ3v) is 5.11. The van der Waals surface area contributed by atoms with Gasteiger partial charge in [0.25, 0.3) is 5.91 Å². The Morgan fingerprint density at radius 1 is 1.13 bits per heavy atom. The number of hydrogen-bond acceptors (Lipinski definition) is 2. The minimum Gasteiger partial charge on any atom is -0.484 e. The van der Waals surface area contributed by atoms with Crippen LogP contribution in [0.25, 0.3) is 0 Å². The standard InChI is InChI=1S/C20H31NO2/c1-4-20(2,3)16-11-13-18(14-12-16)23-15-19(22)21-17-9-7-5-6-8-10-17/h11-14,17H,4-10,15H2,1-3H3,(H,21,22). The lowest BCUT2D eigenvalue weighted by Gasteiger charge is -2.23. The highest BCUT2D eigenvalue weighted by Crippen LogP contribution is 2.28. The summed E-state index contributed by atoms with van der Waals surface area (Å²) in [6.45, 7) is 6.78. The third-order valence-electron chi connectivity index (χ3n) is 5.11. The highest BCUT2D eigenvalue weighted by Gasteiger charge is 2.18. The number of amides is 1. The zero-order valence-corrected chi connectivity index (χ0v) is 14.9. The molecule has 2 rings (SSSR count). The smallest absolute Gasteiger partial charge is 0.258 e. The predicted molar refractivity (Wildman–Crippen MR) is 94.9 cm³/mol. The molecule has 0 atom stereocenters. The zero-order chi connectivity index (χ0) is 16.7. The first-order valence-corrected chi connectivity index (χ1v) is 9.04. The lowest BCUT2D eigenvalue weighted by atomic mass is 9.82. The van der Waals surface area contributed by atoms with Gasteiger partial charge in [-0.3, -0.25) is 4.79 Å². The number of rotatable bonds is 6. The molecule has 0 aromatic heterocycles. The van der Waals surface area contributed by atoms with Gasteiger partial charge in [0.1, 0.15) is 5.75 Å². The molecule has 1 aliphatic carbocycles. The van der Waals surface area contributed by atoms with E-state index >= 15 is 0 Å². The lowest BCUT2D eigenvalue weighted by Crippen LogP contribution is -2.37. The molecule has 0 unspecified atom stereocenters. The second kappa shape index (κ2) is 8.37. The van der Waals surface area contributed by atoms with Crippen LogP contribution in [0.3, 0.4) is 0 Å². The minimum atomic E-state index is -0.00476. The van der Waals surface area contributed by atoms with Gasteiger partial charge in [-0.1, -0.05) is 58.6 Å². The van der Waals surface area contributed by atoms with Crippen molar-refractivity contribution in [3.05, 3.63) is 29.8 Å². The summed E-state index contributed by atoms with van der Waals surface area (Å²) in [6, 6.07) is 8.46. The van der Waals surface area contributed by atoms with E-state index in [4.69, 9.17) is 4.74 Å². The quantitative estimate of drug-likeness (QED) is 0.779. The van der Waals surface area contributed by atoms with E-state index in [2.05, 4.69) is 38.2 Å². The summed E-state index contributed by atoms with van der Waals surface area (Å²) in [5, 5.41) is 3.11. The molecular formula is C20H31NO2. The molecule has 1 N–H and O–H groups in total. The van der Waals surface area contributed by atoms with E-state index in [1.165, 1.54) is 31.2 Å². The summed E-state index contributed by atoms with van der Waals surface area (Å²) in [6.07, 6.45) is 8.34. The van der Waals surface area contributed by atoms with E-state index in [0.717, 1.165) is 25.0 Å². The van der Waals surface area contributed by atoms with Crippen molar-refractivity contribution in [2.45, 2.75) is 77.2 Å². The summed E-state index contributed by atoms with van der Waals surface area (Å²) in [5.74, 6) is 0.756. The normalized spacial score (nSPS) is 16.7. The highest BCUT2D eigenvalue weighted by atomic mass is 16.5. The number of benzene rings is 1. The molecule has 128 valence electrons. The van der Waals surface area contributed by atoms with Crippen LogP contribution >= 0.6 is 0 Å². The van der Waals surface area contributed by atoms with Gasteiger partial charge in [0.05, 0.1) is 0 Å². The Labute approximate surface area is 140 Å². The minimum absolute atomic E-state index is 0.00476. The van der Waals surface area contributed by atoms with E-state index in [1.807, 2.05) is 12.1 Å². The molecule has 3 heteroatoms. The van der Waals surface area contributed by atoms with Gasteiger partial charge in [-0.15, -0.1) is 0 Å². The van der Waals surface area contributed by atoms with Gasteiger partial charge in [-0.25, -0.2) is 0 Å². The maximum atomic E-state index is 12.0. The Bertz CT molecular complexity index is 485. The molecule has 1 aromatic rings. The number of carbonyl (C=O) groups excluding carboxylic acids is 1. The second-order valence-corrected chi connectivity index (χ2v) is 7.31. The Hall–Kier alpha value is -1.51. The molecule has 1 saturated carbocycles. The van der Waals surface area contributed by atoms with Crippen LogP contribution in [-0.4, -0.2) is 18.6 Å². The van der Waals surface area contributed by atoms with Crippen molar-refractivity contribution in [2.75, 3.05) is 6.61 Å². The predicted octanol–water partition coefficient (Wildman–Crippen LogP) is 4.59. The average molecular weight is 317 g/mol. The highest BCUT2D eigenvalue weighted by molar-refractivity contribution is 5.77. The van der Waals surface area contributed by atoms with Crippen LogP contribution in [0, 0.1) is 0 Å². The summed E-state index contributed by atoms with van der Waals surface area (Å²) in [7, 11) is 0. The van der Waals surface area contributed by atoms with Crippen molar-refractivity contribution < 1.29 is 9.53 Å². The van der Waals surface area contributed by atoms with Gasteiger partial charge in [0.2, 0.25) is 0 Å². The van der Waals surface area contributed by atoms with Gasteiger partial charge in [-0.05, 0) is 42.4 Å². The van der Waals surface area contributed by atoms with E-state index in [9.17, 15) is 4.79 Å². The van der Waals surface area contributed by atoms with Crippen LogP contribution < -0.4 is 10.1 Å². The fraction of sp³-hybridized carbons (Fsp3) is 0.650. The molecule has 1 fully saturated rings. The van der Waals surface area contributed by atoms with Crippen LogP contribution in [-0.2, 0) is 10.2 Å². The van der Waals surface area contributed by atoms with Crippen LogP contribution in [0.4, 0.5) is 0 Å². The van der Waals surface area contributed by atoms with Crippen molar-refractivity contribution in [3.63, 3.8) is 0 Å². The Kier molecular flexibility index (Phi) is 6.49. The molecule has 0 radical (unpaired) electrons. The SMILES string of the molecule is CCC(C)(C)c1ccc(OCC(=O)NC2CCCCCC2)cc1. The monoisotopic (exact) mass is 317 g/mol.